The van der Waals surface area contributed by atoms with E-state index in [9.17, 15) is 10.2 Å². The fraction of sp³-hybridized carbons (Fsp3) is 0.600. The molecule has 4 aromatic rings. The molecule has 0 amide bonds. The molecule has 4 rings (SSSR count). The number of aliphatic imine (C=N–C) groups is 2. The van der Waals surface area contributed by atoms with Crippen LogP contribution in [0.3, 0.4) is 0 Å². The Bertz CT molecular complexity index is 2120. The van der Waals surface area contributed by atoms with Crippen molar-refractivity contribution in [2.75, 3.05) is 0 Å². The molecule has 0 fully saturated rings. The minimum absolute atomic E-state index is 0. The number of rotatable bonds is 34. The number of aromatic hydroxyl groups is 2. The number of unbranched alkanes of at least 4 members (excludes halogenated alkanes) is 23. The molecule has 0 unspecified atom stereocenters. The van der Waals surface area contributed by atoms with Crippen LogP contribution in [0.15, 0.2) is 70.6 Å². The maximum atomic E-state index is 9.63. The third-order valence-corrected chi connectivity index (χ3v) is 13.9. The summed E-state index contributed by atoms with van der Waals surface area (Å²) < 4.78 is 0. The molecule has 0 aromatic heterocycles. The van der Waals surface area contributed by atoms with Crippen molar-refractivity contribution in [1.29, 1.82) is 0 Å². The summed E-state index contributed by atoms with van der Waals surface area (Å²) in [6.45, 7) is 15.5. The Morgan fingerprint density at radius 1 is 0.443 bits per heavy atom. The largest absolute Gasteiger partial charge is 0.504 e. The third-order valence-electron chi connectivity index (χ3n) is 13.9. The summed E-state index contributed by atoms with van der Waals surface area (Å²) in [4.78, 5) is 9.78. The molecule has 0 bridgehead atoms. The minimum atomic E-state index is -0.0430. The smallest absolute Gasteiger partial charge is 0.158 e. The van der Waals surface area contributed by atoms with Crippen molar-refractivity contribution >= 4 is 34.1 Å². The number of phenols is 2. The maximum Gasteiger partial charge on any atom is 0.158 e. The predicted molar refractivity (Wildman–Crippen MR) is 305 cm³/mol. The van der Waals surface area contributed by atoms with Gasteiger partial charge in [0.2, 0.25) is 0 Å². The van der Waals surface area contributed by atoms with Crippen LogP contribution in [-0.2, 0) is 58.9 Å². The summed E-state index contributed by atoms with van der Waals surface area (Å²) in [6, 6.07) is 20.8. The van der Waals surface area contributed by atoms with E-state index in [0.29, 0.717) is 0 Å². The summed E-state index contributed by atoms with van der Waals surface area (Å²) in [5.74, 6) is 6.72. The van der Waals surface area contributed by atoms with Gasteiger partial charge in [0, 0.05) is 26.8 Å². The minimum Gasteiger partial charge on any atom is -0.504 e. The zero-order valence-electron chi connectivity index (χ0n) is 45.6. The van der Waals surface area contributed by atoms with Crippen LogP contribution in [0.4, 0.5) is 11.4 Å². The van der Waals surface area contributed by atoms with Gasteiger partial charge in [-0.15, -0.1) is 0 Å². The molecule has 0 saturated carbocycles. The first-order valence-corrected chi connectivity index (χ1v) is 28.6. The SMILES string of the molecule is CCCCCCCCCCCCCCCCCCCCCCCCCC#CC(C=Nc1ccc(CC)c(CC)c1)=Nc1ccc(CC)c(CC)c1.CCCc1cc(CCC)c2cc(O)c(O)cc2c1.[Pd]. The van der Waals surface area contributed by atoms with Gasteiger partial charge in [0.1, 0.15) is 5.71 Å². The van der Waals surface area contributed by atoms with Gasteiger partial charge in [-0.25, -0.2) is 4.99 Å². The summed E-state index contributed by atoms with van der Waals surface area (Å²) in [5.41, 5.74) is 10.8. The second kappa shape index (κ2) is 39.9. The van der Waals surface area contributed by atoms with Gasteiger partial charge in [0.05, 0.1) is 17.6 Å². The number of hydrogen-bond acceptors (Lipinski definition) is 4. The van der Waals surface area contributed by atoms with Crippen LogP contribution in [0.5, 0.6) is 11.5 Å². The molecular formula is C65H98N2O2Pd. The van der Waals surface area contributed by atoms with E-state index in [2.05, 4.69) is 109 Å². The van der Waals surface area contributed by atoms with Crippen molar-refractivity contribution in [3.63, 3.8) is 0 Å². The van der Waals surface area contributed by atoms with Gasteiger partial charge in [-0.05, 0) is 131 Å². The molecule has 0 radical (unpaired) electrons. The standard InChI is InChI=1S/C49H78N2.C16H20O2.Pd/c1-6-11-12-13-14-15-16-17-18-19-20-21-22-23-24-25-26-27-28-29-30-31-32-33-34-35-49(51-48-39-37-44(8-3)46(10-5)41-48)42-50-47-38-36-43(7-2)45(9-4)40-47;1-3-5-11-7-12(6-4-2)14-10-16(18)15(17)9-13(14)8-11;/h36-42H,6-33H2,1-5H3;7-10,17-18H,3-6H2,1-2H3;. The zero-order chi connectivity index (χ0) is 49.7. The molecule has 0 aliphatic heterocycles. The van der Waals surface area contributed by atoms with Crippen molar-refractivity contribution in [2.24, 2.45) is 9.98 Å². The Balaban J connectivity index is 0.000000734. The fourth-order valence-electron chi connectivity index (χ4n) is 9.68. The first kappa shape index (κ1) is 62.4. The van der Waals surface area contributed by atoms with E-state index < -0.39 is 0 Å². The van der Waals surface area contributed by atoms with Gasteiger partial charge in [0.15, 0.2) is 11.5 Å². The first-order chi connectivity index (χ1) is 33.8. The molecule has 70 heavy (non-hydrogen) atoms. The van der Waals surface area contributed by atoms with E-state index in [-0.39, 0.29) is 31.9 Å². The molecule has 390 valence electrons. The topological polar surface area (TPSA) is 65.2 Å². The monoisotopic (exact) mass is 1040 g/mol. The number of nitrogens with zero attached hydrogens (tertiary/aromatic N) is 2. The van der Waals surface area contributed by atoms with Crippen molar-refractivity contribution in [3.8, 4) is 23.3 Å². The normalized spacial score (nSPS) is 11.4. The first-order valence-electron chi connectivity index (χ1n) is 28.6. The molecule has 0 spiro atoms. The van der Waals surface area contributed by atoms with Crippen LogP contribution in [-0.4, -0.2) is 22.1 Å². The van der Waals surface area contributed by atoms with Crippen molar-refractivity contribution < 1.29 is 30.6 Å². The molecule has 0 aliphatic carbocycles. The Labute approximate surface area is 443 Å². The van der Waals surface area contributed by atoms with Crippen molar-refractivity contribution in [1.82, 2.24) is 0 Å². The number of phenolic OH excluding ortho intramolecular Hbond substituents is 2. The molecule has 5 heteroatoms. The number of benzene rings is 4. The summed E-state index contributed by atoms with van der Waals surface area (Å²) >= 11 is 0. The Kier molecular flexibility index (Phi) is 35.5. The molecular weight excluding hydrogens is 947 g/mol. The molecule has 4 nitrogen and oxygen atoms in total. The van der Waals surface area contributed by atoms with Crippen LogP contribution in [0, 0.1) is 11.8 Å². The van der Waals surface area contributed by atoms with Gasteiger partial charge in [-0.1, -0.05) is 233 Å². The Morgan fingerprint density at radius 3 is 1.36 bits per heavy atom. The molecule has 0 heterocycles. The van der Waals surface area contributed by atoms with E-state index in [1.807, 2.05) is 6.21 Å². The molecule has 2 N–H and O–H groups in total. The van der Waals surface area contributed by atoms with Crippen LogP contribution < -0.4 is 0 Å². The van der Waals surface area contributed by atoms with Crippen molar-refractivity contribution in [3.05, 3.63) is 94.0 Å². The number of hydrogen-bond donors (Lipinski definition) is 2. The Morgan fingerprint density at radius 2 is 0.886 bits per heavy atom. The van der Waals surface area contributed by atoms with E-state index in [1.54, 1.807) is 12.1 Å². The number of aryl methyl sites for hydroxylation is 6. The second-order valence-corrected chi connectivity index (χ2v) is 19.7. The number of fused-ring (bicyclic) bond motifs is 1. The van der Waals surface area contributed by atoms with Gasteiger partial charge in [0.25, 0.3) is 0 Å². The molecule has 4 aromatic carbocycles. The van der Waals surface area contributed by atoms with Gasteiger partial charge in [-0.2, -0.15) is 0 Å². The van der Waals surface area contributed by atoms with Crippen LogP contribution in [0.25, 0.3) is 10.8 Å². The van der Waals surface area contributed by atoms with Crippen LogP contribution in [0.2, 0.25) is 0 Å². The zero-order valence-corrected chi connectivity index (χ0v) is 47.1. The second-order valence-electron chi connectivity index (χ2n) is 19.7. The summed E-state index contributed by atoms with van der Waals surface area (Å²) in [7, 11) is 0. The van der Waals surface area contributed by atoms with E-state index in [1.165, 1.54) is 181 Å². The molecule has 0 aliphatic rings. The Hall–Kier alpha value is -3.70. The predicted octanol–water partition coefficient (Wildman–Crippen LogP) is 20.0. The van der Waals surface area contributed by atoms with E-state index >= 15 is 0 Å². The van der Waals surface area contributed by atoms with Crippen LogP contribution in [0.1, 0.15) is 249 Å². The van der Waals surface area contributed by atoms with Gasteiger partial charge in [-0.3, -0.25) is 4.99 Å². The quantitative estimate of drug-likeness (QED) is 0.0161. The van der Waals surface area contributed by atoms with Gasteiger partial charge < -0.3 is 10.2 Å². The average molecular weight is 1050 g/mol. The molecule has 0 saturated heterocycles. The van der Waals surface area contributed by atoms with E-state index in [4.69, 9.17) is 9.98 Å². The maximum absolute atomic E-state index is 9.63. The van der Waals surface area contributed by atoms with E-state index in [0.717, 1.165) is 85.6 Å². The third kappa shape index (κ3) is 25.6. The van der Waals surface area contributed by atoms with Crippen molar-refractivity contribution in [2.45, 2.75) is 254 Å². The summed E-state index contributed by atoms with van der Waals surface area (Å²) in [5, 5.41) is 21.3. The fourth-order valence-corrected chi connectivity index (χ4v) is 9.68. The average Bonchev–Trinajstić information content (AvgIpc) is 3.36. The summed E-state index contributed by atoms with van der Waals surface area (Å²) in [6.07, 6.45) is 43.8. The van der Waals surface area contributed by atoms with Crippen LogP contribution >= 0.6 is 0 Å². The molecule has 0 atom stereocenters. The van der Waals surface area contributed by atoms with Gasteiger partial charge >= 0.3 is 0 Å².